The van der Waals surface area contributed by atoms with E-state index in [2.05, 4.69) is 5.32 Å². The first-order valence-electron chi connectivity index (χ1n) is 3.11. The van der Waals surface area contributed by atoms with Crippen molar-refractivity contribution >= 4 is 11.7 Å². The Kier molecular flexibility index (Phi) is 3.30. The van der Waals surface area contributed by atoms with Crippen LogP contribution in [0.5, 0.6) is 0 Å². The molecule has 0 bridgehead atoms. The smallest absolute Gasteiger partial charge is 0.221 e. The van der Waals surface area contributed by atoms with Crippen LogP contribution in [0, 0.1) is 0 Å². The van der Waals surface area contributed by atoms with Crippen molar-refractivity contribution in [2.24, 2.45) is 0 Å². The maximum atomic E-state index is 10.6. The molecule has 0 atom stereocenters. The summed E-state index contributed by atoms with van der Waals surface area (Å²) < 4.78 is 0. The average molecular weight is 156 g/mol. The fraction of sp³-hybridized carbons (Fsp3) is 0.429. The van der Waals surface area contributed by atoms with Crippen molar-refractivity contribution in [1.82, 2.24) is 5.32 Å². The fourth-order valence-corrected chi connectivity index (χ4v) is 0.600. The Labute approximate surface area is 64.9 Å². The quantitative estimate of drug-likeness (QED) is 0.424. The molecule has 62 valence electrons. The van der Waals surface area contributed by atoms with Gasteiger partial charge in [-0.2, -0.15) is 0 Å². The van der Waals surface area contributed by atoms with Crippen LogP contribution in [0.4, 0.5) is 0 Å². The molecule has 11 heavy (non-hydrogen) atoms. The summed E-state index contributed by atoms with van der Waals surface area (Å²) in [5, 5.41) is 12.8. The molecular weight excluding hydrogens is 146 g/mol. The van der Waals surface area contributed by atoms with Crippen LogP contribution >= 0.6 is 0 Å². The molecule has 4 heteroatoms. The third-order valence-electron chi connectivity index (χ3n) is 1.01. The highest BCUT2D eigenvalue weighted by Gasteiger charge is 2.03. The molecule has 0 aromatic carbocycles. The molecule has 0 fully saturated rings. The summed E-state index contributed by atoms with van der Waals surface area (Å²) in [6.45, 7) is 3.70. The maximum Gasteiger partial charge on any atom is 0.221 e. The zero-order chi connectivity index (χ0) is 9.02. The van der Waals surface area contributed by atoms with Crippen LogP contribution in [0.2, 0.25) is 0 Å². The Balaban J connectivity index is 4.52. The average Bonchev–Trinajstić information content (AvgIpc) is 1.81. The number of amides is 1. The number of ketones is 1. The van der Waals surface area contributed by atoms with Crippen LogP contribution in [0.1, 0.15) is 20.8 Å². The van der Waals surface area contributed by atoms with Crippen LogP contribution in [-0.2, 0) is 9.59 Å². The second-order valence-electron chi connectivity index (χ2n) is 2.17. The van der Waals surface area contributed by atoms with Gasteiger partial charge >= 0.3 is 0 Å². The van der Waals surface area contributed by atoms with Gasteiger partial charge in [-0.15, -0.1) is 5.76 Å². The Bertz CT molecular complexity index is 214. The van der Waals surface area contributed by atoms with E-state index in [0.717, 1.165) is 0 Å². The topological polar surface area (TPSA) is 69.2 Å². The lowest BCUT2D eigenvalue weighted by molar-refractivity contribution is -0.303. The third kappa shape index (κ3) is 3.40. The summed E-state index contributed by atoms with van der Waals surface area (Å²) in [5.74, 6) is -1.26. The minimum Gasteiger partial charge on any atom is -0.874 e. The van der Waals surface area contributed by atoms with Gasteiger partial charge in [0.1, 0.15) is 0 Å². The van der Waals surface area contributed by atoms with E-state index in [-0.39, 0.29) is 5.70 Å². The molecule has 0 heterocycles. The number of allylic oxidation sites excluding steroid dienone is 2. The van der Waals surface area contributed by atoms with E-state index in [1.807, 2.05) is 0 Å². The highest BCUT2D eigenvalue weighted by atomic mass is 16.3. The van der Waals surface area contributed by atoms with Gasteiger partial charge in [0.2, 0.25) is 5.91 Å². The largest absolute Gasteiger partial charge is 0.874 e. The van der Waals surface area contributed by atoms with Crippen LogP contribution in [-0.4, -0.2) is 11.7 Å². The van der Waals surface area contributed by atoms with E-state index < -0.39 is 17.4 Å². The first-order valence-corrected chi connectivity index (χ1v) is 3.11. The monoisotopic (exact) mass is 156 g/mol. The van der Waals surface area contributed by atoms with Gasteiger partial charge in [-0.3, -0.25) is 9.59 Å². The highest BCUT2D eigenvalue weighted by molar-refractivity contribution is 5.97. The van der Waals surface area contributed by atoms with Gasteiger partial charge in [0.15, 0.2) is 5.78 Å². The van der Waals surface area contributed by atoms with E-state index in [1.165, 1.54) is 20.8 Å². The molecule has 0 rings (SSSR count). The molecule has 0 aromatic heterocycles. The second kappa shape index (κ2) is 3.75. The molecule has 0 aliphatic heterocycles. The number of hydrogen-bond donors (Lipinski definition) is 1. The number of nitrogens with one attached hydrogen (secondary N) is 1. The Morgan fingerprint density at radius 3 is 1.73 bits per heavy atom. The van der Waals surface area contributed by atoms with Crippen molar-refractivity contribution in [1.29, 1.82) is 0 Å². The van der Waals surface area contributed by atoms with Crippen molar-refractivity contribution in [2.45, 2.75) is 20.8 Å². The van der Waals surface area contributed by atoms with Crippen LogP contribution in [0.15, 0.2) is 11.5 Å². The second-order valence-corrected chi connectivity index (χ2v) is 2.17. The van der Waals surface area contributed by atoms with E-state index >= 15 is 0 Å². The molecule has 0 radical (unpaired) electrons. The predicted octanol–water partition coefficient (Wildman–Crippen LogP) is -0.697. The predicted molar refractivity (Wildman–Crippen MR) is 37.2 cm³/mol. The molecule has 0 aromatic rings. The van der Waals surface area contributed by atoms with Gasteiger partial charge < -0.3 is 10.4 Å². The number of carbonyl (C=O) groups excluding carboxylic acids is 2. The van der Waals surface area contributed by atoms with Crippen LogP contribution in [0.3, 0.4) is 0 Å². The lowest BCUT2D eigenvalue weighted by Crippen LogP contribution is -2.27. The van der Waals surface area contributed by atoms with Crippen molar-refractivity contribution < 1.29 is 14.7 Å². The summed E-state index contributed by atoms with van der Waals surface area (Å²) in [7, 11) is 0. The number of rotatable bonds is 2. The van der Waals surface area contributed by atoms with Gasteiger partial charge in [-0.1, -0.05) is 6.92 Å². The molecule has 0 aliphatic carbocycles. The molecule has 1 amide bonds. The molecule has 1 N–H and O–H groups in total. The minimum atomic E-state index is -0.423. The van der Waals surface area contributed by atoms with Crippen LogP contribution < -0.4 is 10.4 Å². The first-order chi connectivity index (χ1) is 4.95. The number of carbonyl (C=O) groups is 2. The summed E-state index contributed by atoms with van der Waals surface area (Å²) in [4.78, 5) is 21.1. The van der Waals surface area contributed by atoms with Crippen molar-refractivity contribution in [3.05, 3.63) is 11.5 Å². The Morgan fingerprint density at radius 1 is 1.18 bits per heavy atom. The molecule has 0 saturated carbocycles. The van der Waals surface area contributed by atoms with Crippen LogP contribution in [0.25, 0.3) is 0 Å². The Hall–Kier alpha value is -1.32. The van der Waals surface area contributed by atoms with Gasteiger partial charge in [0.25, 0.3) is 0 Å². The van der Waals surface area contributed by atoms with Gasteiger partial charge in [-0.25, -0.2) is 0 Å². The molecule has 0 aliphatic rings. The summed E-state index contributed by atoms with van der Waals surface area (Å²) in [5.41, 5.74) is -0.155. The lowest BCUT2D eigenvalue weighted by atomic mass is 10.3. The fourth-order valence-electron chi connectivity index (χ4n) is 0.600. The first kappa shape index (κ1) is 9.68. The van der Waals surface area contributed by atoms with E-state index in [9.17, 15) is 14.7 Å². The van der Waals surface area contributed by atoms with Crippen molar-refractivity contribution in [2.75, 3.05) is 0 Å². The van der Waals surface area contributed by atoms with Crippen molar-refractivity contribution in [3.63, 3.8) is 0 Å². The summed E-state index contributed by atoms with van der Waals surface area (Å²) in [6.07, 6.45) is 0. The zero-order valence-corrected chi connectivity index (χ0v) is 6.72. The number of hydrogen-bond acceptors (Lipinski definition) is 3. The summed E-state index contributed by atoms with van der Waals surface area (Å²) in [6, 6.07) is 0. The zero-order valence-electron chi connectivity index (χ0n) is 6.72. The maximum absolute atomic E-state index is 10.6. The number of Topliss-reactive ketones (excluding diaryl/α,β-unsaturated/α-hetero) is 1. The standard InChI is InChI=1S/C7H11NO3/c1-4(9)7(5(2)10)8-6(3)11/h9H,1-3H3,(H,8,11)/p-1/b7-4+. The summed E-state index contributed by atoms with van der Waals surface area (Å²) >= 11 is 0. The highest BCUT2D eigenvalue weighted by Crippen LogP contribution is 1.94. The third-order valence-corrected chi connectivity index (χ3v) is 1.01. The Morgan fingerprint density at radius 2 is 1.64 bits per heavy atom. The molecular formula is C7H10NO3-. The normalized spacial score (nSPS) is 11.9. The van der Waals surface area contributed by atoms with Gasteiger partial charge in [0, 0.05) is 13.8 Å². The molecule has 0 saturated heterocycles. The molecule has 0 spiro atoms. The van der Waals surface area contributed by atoms with E-state index in [1.54, 1.807) is 0 Å². The SMILES string of the molecule is CC(=O)N/C(C(C)=O)=C(\C)[O-]. The molecule has 0 unspecified atom stereocenters. The molecule has 4 nitrogen and oxygen atoms in total. The lowest BCUT2D eigenvalue weighted by Gasteiger charge is -2.12. The van der Waals surface area contributed by atoms with Crippen molar-refractivity contribution in [3.8, 4) is 0 Å². The van der Waals surface area contributed by atoms with E-state index in [4.69, 9.17) is 0 Å². The van der Waals surface area contributed by atoms with Gasteiger partial charge in [0.05, 0.1) is 5.70 Å². The minimum absolute atomic E-state index is 0.155. The van der Waals surface area contributed by atoms with E-state index in [0.29, 0.717) is 0 Å². The van der Waals surface area contributed by atoms with Gasteiger partial charge in [-0.05, 0) is 0 Å².